The average Bonchev–Trinajstić information content (AvgIpc) is 3.44. The van der Waals surface area contributed by atoms with Crippen LogP contribution in [0.4, 0.5) is 5.69 Å². The number of ether oxygens (including phenoxy) is 1. The van der Waals surface area contributed by atoms with Crippen molar-refractivity contribution in [3.63, 3.8) is 0 Å². The molecule has 0 aliphatic rings. The van der Waals surface area contributed by atoms with Crippen molar-refractivity contribution in [2.75, 3.05) is 18.2 Å². The second-order valence-electron chi connectivity index (χ2n) is 6.61. The highest BCUT2D eigenvalue weighted by Gasteiger charge is 2.18. The lowest BCUT2D eigenvalue weighted by Gasteiger charge is -2.11. The Kier molecular flexibility index (Phi) is 6.60. The second-order valence-corrected chi connectivity index (χ2v) is 8.94. The molecule has 0 saturated carbocycles. The maximum absolute atomic E-state index is 12.6. The van der Waals surface area contributed by atoms with E-state index in [0.29, 0.717) is 10.2 Å². The van der Waals surface area contributed by atoms with Gasteiger partial charge in [-0.15, -0.1) is 21.5 Å². The number of carbonyl (C=O) groups is 1. The van der Waals surface area contributed by atoms with E-state index in [1.165, 1.54) is 11.8 Å². The Morgan fingerprint density at radius 2 is 2.00 bits per heavy atom. The van der Waals surface area contributed by atoms with Gasteiger partial charge in [0.25, 0.3) is 0 Å². The normalized spacial score (nSPS) is 10.8. The Morgan fingerprint density at radius 1 is 1.19 bits per heavy atom. The molecule has 6 nitrogen and oxygen atoms in total. The number of thiophene rings is 1. The fraction of sp³-hybridized carbons (Fsp3) is 0.136. The number of hydrogen-bond acceptors (Lipinski definition) is 6. The van der Waals surface area contributed by atoms with E-state index in [-0.39, 0.29) is 11.7 Å². The molecule has 0 aliphatic heterocycles. The molecule has 0 bridgehead atoms. The van der Waals surface area contributed by atoms with Crippen LogP contribution in [0.1, 0.15) is 5.56 Å². The highest BCUT2D eigenvalue weighted by atomic mass is 35.5. The van der Waals surface area contributed by atoms with Gasteiger partial charge in [0.05, 0.1) is 23.4 Å². The van der Waals surface area contributed by atoms with Crippen LogP contribution in [0.25, 0.3) is 16.4 Å². The van der Waals surface area contributed by atoms with E-state index in [1.54, 1.807) is 30.6 Å². The van der Waals surface area contributed by atoms with Gasteiger partial charge in [-0.3, -0.25) is 9.36 Å². The van der Waals surface area contributed by atoms with E-state index >= 15 is 0 Å². The number of benzene rings is 2. The molecule has 0 aliphatic carbocycles. The fourth-order valence-corrected chi connectivity index (χ4v) is 4.65. The molecule has 158 valence electrons. The summed E-state index contributed by atoms with van der Waals surface area (Å²) in [5.74, 6) is 1.57. The number of nitrogens with one attached hydrogen (secondary N) is 1. The SMILES string of the molecule is COc1ccc(-n2c(SCC(=O)Nc3ccc(Cl)cc3C)nnc2-c2cccs2)cc1. The van der Waals surface area contributed by atoms with Gasteiger partial charge in [0.2, 0.25) is 5.91 Å². The van der Waals surface area contributed by atoms with Crippen molar-refractivity contribution in [2.45, 2.75) is 12.1 Å². The first kappa shape index (κ1) is 21.4. The molecule has 0 saturated heterocycles. The van der Waals surface area contributed by atoms with Gasteiger partial charge in [-0.05, 0) is 66.4 Å². The summed E-state index contributed by atoms with van der Waals surface area (Å²) in [7, 11) is 1.63. The van der Waals surface area contributed by atoms with E-state index in [9.17, 15) is 4.79 Å². The highest BCUT2D eigenvalue weighted by molar-refractivity contribution is 7.99. The Bertz CT molecular complexity index is 1190. The van der Waals surface area contributed by atoms with Crippen molar-refractivity contribution < 1.29 is 9.53 Å². The predicted octanol–water partition coefficient (Wildman–Crippen LogP) is 5.70. The first-order valence-electron chi connectivity index (χ1n) is 9.37. The third kappa shape index (κ3) is 4.92. The summed E-state index contributed by atoms with van der Waals surface area (Å²) in [6, 6.07) is 17.0. The number of aromatic nitrogens is 3. The summed E-state index contributed by atoms with van der Waals surface area (Å²) in [5, 5.41) is 14.9. The molecule has 0 unspecified atom stereocenters. The number of aryl methyl sites for hydroxylation is 1. The van der Waals surface area contributed by atoms with Crippen molar-refractivity contribution >= 4 is 46.3 Å². The lowest BCUT2D eigenvalue weighted by atomic mass is 10.2. The van der Waals surface area contributed by atoms with E-state index in [0.717, 1.165) is 33.4 Å². The van der Waals surface area contributed by atoms with Crippen LogP contribution in [0.3, 0.4) is 0 Å². The molecule has 31 heavy (non-hydrogen) atoms. The van der Waals surface area contributed by atoms with Gasteiger partial charge in [0.1, 0.15) is 5.75 Å². The number of halogens is 1. The standard InChI is InChI=1S/C22H19ClN4O2S2/c1-14-12-15(23)5-10-18(14)24-20(28)13-31-22-26-25-21(19-4-3-11-30-19)27(22)16-6-8-17(29-2)9-7-16/h3-12H,13H2,1-2H3,(H,24,28). The summed E-state index contributed by atoms with van der Waals surface area (Å²) >= 11 is 8.91. The van der Waals surface area contributed by atoms with E-state index in [4.69, 9.17) is 16.3 Å². The topological polar surface area (TPSA) is 69.0 Å². The summed E-state index contributed by atoms with van der Waals surface area (Å²) in [6.45, 7) is 1.91. The van der Waals surface area contributed by atoms with Crippen LogP contribution in [0.5, 0.6) is 5.75 Å². The van der Waals surface area contributed by atoms with Crippen LogP contribution in [0.2, 0.25) is 5.02 Å². The van der Waals surface area contributed by atoms with Crippen LogP contribution in [0, 0.1) is 6.92 Å². The number of amides is 1. The van der Waals surface area contributed by atoms with E-state index in [1.807, 2.05) is 59.3 Å². The van der Waals surface area contributed by atoms with Crippen molar-refractivity contribution in [1.82, 2.24) is 14.8 Å². The molecule has 0 radical (unpaired) electrons. The number of carbonyl (C=O) groups excluding carboxylic acids is 1. The zero-order valence-corrected chi connectivity index (χ0v) is 19.2. The van der Waals surface area contributed by atoms with Crippen LogP contribution in [-0.2, 0) is 4.79 Å². The second kappa shape index (κ2) is 9.55. The lowest BCUT2D eigenvalue weighted by molar-refractivity contribution is -0.113. The van der Waals surface area contributed by atoms with Crippen LogP contribution in [0.15, 0.2) is 65.1 Å². The molecule has 2 heterocycles. The smallest absolute Gasteiger partial charge is 0.234 e. The quantitative estimate of drug-likeness (QED) is 0.351. The monoisotopic (exact) mass is 470 g/mol. The number of anilines is 1. The Balaban J connectivity index is 1.57. The summed E-state index contributed by atoms with van der Waals surface area (Å²) < 4.78 is 7.22. The number of hydrogen-bond donors (Lipinski definition) is 1. The predicted molar refractivity (Wildman–Crippen MR) is 127 cm³/mol. The van der Waals surface area contributed by atoms with Crippen molar-refractivity contribution in [2.24, 2.45) is 0 Å². The van der Waals surface area contributed by atoms with Crippen LogP contribution < -0.4 is 10.1 Å². The number of rotatable bonds is 7. The third-order valence-electron chi connectivity index (χ3n) is 4.50. The summed E-state index contributed by atoms with van der Waals surface area (Å²) in [6.07, 6.45) is 0. The van der Waals surface area contributed by atoms with Crippen LogP contribution >= 0.6 is 34.7 Å². The molecular formula is C22H19ClN4O2S2. The van der Waals surface area contributed by atoms with Gasteiger partial charge in [0, 0.05) is 10.7 Å². The van der Waals surface area contributed by atoms with Gasteiger partial charge in [0.15, 0.2) is 11.0 Å². The zero-order valence-electron chi connectivity index (χ0n) is 16.8. The highest BCUT2D eigenvalue weighted by Crippen LogP contribution is 2.31. The van der Waals surface area contributed by atoms with E-state index in [2.05, 4.69) is 15.5 Å². The number of methoxy groups -OCH3 is 1. The Morgan fingerprint density at radius 3 is 2.68 bits per heavy atom. The van der Waals surface area contributed by atoms with Gasteiger partial charge in [-0.2, -0.15) is 0 Å². The lowest BCUT2D eigenvalue weighted by Crippen LogP contribution is -2.15. The minimum absolute atomic E-state index is 0.127. The van der Waals surface area contributed by atoms with Crippen molar-refractivity contribution in [3.8, 4) is 22.1 Å². The molecule has 0 spiro atoms. The van der Waals surface area contributed by atoms with Gasteiger partial charge in [-0.1, -0.05) is 29.4 Å². The average molecular weight is 471 g/mol. The first-order chi connectivity index (χ1) is 15.0. The zero-order chi connectivity index (χ0) is 21.8. The maximum atomic E-state index is 12.6. The third-order valence-corrected chi connectivity index (χ3v) is 6.53. The molecule has 1 amide bonds. The molecule has 1 N–H and O–H groups in total. The molecule has 0 fully saturated rings. The Hall–Kier alpha value is -2.81. The van der Waals surface area contributed by atoms with Crippen molar-refractivity contribution in [3.05, 3.63) is 70.6 Å². The Labute approximate surface area is 193 Å². The summed E-state index contributed by atoms with van der Waals surface area (Å²) in [5.41, 5.74) is 2.55. The number of thioether (sulfide) groups is 1. The molecule has 9 heteroatoms. The largest absolute Gasteiger partial charge is 0.497 e. The number of nitrogens with zero attached hydrogens (tertiary/aromatic N) is 3. The minimum atomic E-state index is -0.127. The molecule has 0 atom stereocenters. The maximum Gasteiger partial charge on any atom is 0.234 e. The minimum Gasteiger partial charge on any atom is -0.497 e. The molecule has 4 rings (SSSR count). The van der Waals surface area contributed by atoms with Gasteiger partial charge >= 0.3 is 0 Å². The van der Waals surface area contributed by atoms with Crippen molar-refractivity contribution in [1.29, 1.82) is 0 Å². The van der Waals surface area contributed by atoms with Gasteiger partial charge in [-0.25, -0.2) is 0 Å². The molecule has 2 aromatic heterocycles. The van der Waals surface area contributed by atoms with Crippen LogP contribution in [-0.4, -0.2) is 33.5 Å². The first-order valence-corrected chi connectivity index (χ1v) is 11.6. The fourth-order valence-electron chi connectivity index (χ4n) is 2.98. The summed E-state index contributed by atoms with van der Waals surface area (Å²) in [4.78, 5) is 13.5. The molecular weight excluding hydrogens is 452 g/mol. The van der Waals surface area contributed by atoms with Gasteiger partial charge < -0.3 is 10.1 Å². The molecule has 4 aromatic rings. The molecule has 2 aromatic carbocycles. The van der Waals surface area contributed by atoms with E-state index < -0.39 is 0 Å².